The van der Waals surface area contributed by atoms with Crippen molar-refractivity contribution in [1.82, 2.24) is 5.32 Å². The Balaban J connectivity index is 3.15. The predicted molar refractivity (Wildman–Crippen MR) is 75.5 cm³/mol. The molecule has 0 fully saturated rings. The summed E-state index contributed by atoms with van der Waals surface area (Å²) in [5.41, 5.74) is 0. The molecule has 18 heavy (non-hydrogen) atoms. The van der Waals surface area contributed by atoms with Crippen LogP contribution in [0.25, 0.3) is 0 Å². The molecule has 0 unspecified atom stereocenters. The van der Waals surface area contributed by atoms with Gasteiger partial charge in [0.1, 0.15) is 5.78 Å². The van der Waals surface area contributed by atoms with Gasteiger partial charge in [-0.2, -0.15) is 0 Å². The lowest BCUT2D eigenvalue weighted by molar-refractivity contribution is -0.124. The summed E-state index contributed by atoms with van der Waals surface area (Å²) >= 11 is 0. The van der Waals surface area contributed by atoms with Gasteiger partial charge >= 0.3 is 0 Å². The first kappa shape index (κ1) is 17.1. The molecule has 0 rings (SSSR count). The van der Waals surface area contributed by atoms with E-state index in [-0.39, 0.29) is 11.7 Å². The highest BCUT2D eigenvalue weighted by Crippen LogP contribution is 2.07. The number of rotatable bonds is 12. The highest BCUT2D eigenvalue weighted by Gasteiger charge is 2.02. The Kier molecular flexibility index (Phi) is 12.0. The molecule has 1 amide bonds. The van der Waals surface area contributed by atoms with Gasteiger partial charge in [0.15, 0.2) is 0 Å². The number of nitrogens with one attached hydrogen (secondary N) is 1. The second-order valence-electron chi connectivity index (χ2n) is 5.03. The van der Waals surface area contributed by atoms with Crippen LogP contribution < -0.4 is 5.32 Å². The molecular formula is C15H29NO2. The van der Waals surface area contributed by atoms with E-state index in [9.17, 15) is 9.59 Å². The predicted octanol–water partition coefficient (Wildman–Crippen LogP) is 3.61. The van der Waals surface area contributed by atoms with Crippen LogP contribution in [-0.2, 0) is 9.59 Å². The van der Waals surface area contributed by atoms with Gasteiger partial charge < -0.3 is 10.1 Å². The largest absolute Gasteiger partial charge is 0.356 e. The zero-order valence-corrected chi connectivity index (χ0v) is 12.1. The molecule has 106 valence electrons. The maximum absolute atomic E-state index is 11.3. The van der Waals surface area contributed by atoms with Gasteiger partial charge in [0.05, 0.1) is 0 Å². The standard InChI is InChI=1S/C15H29NO2/c1-3-4-5-6-7-8-9-10-13-16-15(18)12-11-14(2)17/h3-13H2,1-2H3,(H,16,18). The number of ketones is 1. The summed E-state index contributed by atoms with van der Waals surface area (Å²) < 4.78 is 0. The average molecular weight is 255 g/mol. The Labute approximate surface area is 112 Å². The molecule has 0 aliphatic carbocycles. The average Bonchev–Trinajstić information content (AvgIpc) is 2.34. The second kappa shape index (κ2) is 12.6. The Bertz CT molecular complexity index is 227. The molecule has 0 saturated carbocycles. The Morgan fingerprint density at radius 1 is 0.833 bits per heavy atom. The summed E-state index contributed by atoms with van der Waals surface area (Å²) in [4.78, 5) is 22.0. The second-order valence-corrected chi connectivity index (χ2v) is 5.03. The molecule has 0 spiro atoms. The Hall–Kier alpha value is -0.860. The van der Waals surface area contributed by atoms with Gasteiger partial charge in [-0.3, -0.25) is 4.79 Å². The molecular weight excluding hydrogens is 226 g/mol. The minimum atomic E-state index is 0.00754. The fraction of sp³-hybridized carbons (Fsp3) is 0.867. The molecule has 0 heterocycles. The van der Waals surface area contributed by atoms with Crippen LogP contribution in [0.2, 0.25) is 0 Å². The van der Waals surface area contributed by atoms with Crippen LogP contribution in [0, 0.1) is 0 Å². The van der Waals surface area contributed by atoms with Gasteiger partial charge in [0, 0.05) is 19.4 Å². The van der Waals surface area contributed by atoms with E-state index < -0.39 is 0 Å². The lowest BCUT2D eigenvalue weighted by Gasteiger charge is -2.04. The third-order valence-electron chi connectivity index (χ3n) is 3.06. The number of unbranched alkanes of at least 4 members (excludes halogenated alkanes) is 7. The van der Waals surface area contributed by atoms with Gasteiger partial charge in [-0.05, 0) is 13.3 Å². The topological polar surface area (TPSA) is 46.2 Å². The number of amides is 1. The van der Waals surface area contributed by atoms with Crippen molar-refractivity contribution in [2.45, 2.75) is 78.1 Å². The summed E-state index contributed by atoms with van der Waals surface area (Å²) in [7, 11) is 0. The van der Waals surface area contributed by atoms with Crippen LogP contribution in [0.15, 0.2) is 0 Å². The van der Waals surface area contributed by atoms with Crippen molar-refractivity contribution < 1.29 is 9.59 Å². The SMILES string of the molecule is CCCCCCCCCCNC(=O)CCC(C)=O. The molecule has 0 aliphatic rings. The van der Waals surface area contributed by atoms with Crippen molar-refractivity contribution >= 4 is 11.7 Å². The minimum Gasteiger partial charge on any atom is -0.356 e. The molecule has 0 aromatic heterocycles. The van der Waals surface area contributed by atoms with E-state index in [1.54, 1.807) is 0 Å². The van der Waals surface area contributed by atoms with Crippen molar-refractivity contribution in [2.24, 2.45) is 0 Å². The summed E-state index contributed by atoms with van der Waals surface area (Å²) in [6.45, 7) is 4.51. The third-order valence-corrected chi connectivity index (χ3v) is 3.06. The van der Waals surface area contributed by atoms with Gasteiger partial charge in [-0.15, -0.1) is 0 Å². The van der Waals surface area contributed by atoms with Crippen LogP contribution in [0.4, 0.5) is 0 Å². The quantitative estimate of drug-likeness (QED) is 0.541. The van der Waals surface area contributed by atoms with Crippen LogP contribution >= 0.6 is 0 Å². The number of carbonyl (C=O) groups excluding carboxylic acids is 2. The molecule has 0 saturated heterocycles. The number of carbonyl (C=O) groups is 2. The van der Waals surface area contributed by atoms with Crippen LogP contribution in [0.5, 0.6) is 0 Å². The van der Waals surface area contributed by atoms with Gasteiger partial charge in [-0.25, -0.2) is 0 Å². The van der Waals surface area contributed by atoms with E-state index in [0.29, 0.717) is 12.8 Å². The lowest BCUT2D eigenvalue weighted by Crippen LogP contribution is -2.24. The first-order chi connectivity index (χ1) is 8.66. The summed E-state index contributed by atoms with van der Waals surface area (Å²) in [5, 5.41) is 2.86. The maximum Gasteiger partial charge on any atom is 0.220 e. The number of hydrogen-bond acceptors (Lipinski definition) is 2. The van der Waals surface area contributed by atoms with Crippen LogP contribution in [0.3, 0.4) is 0 Å². The molecule has 3 nitrogen and oxygen atoms in total. The third kappa shape index (κ3) is 13.2. The number of hydrogen-bond donors (Lipinski definition) is 1. The summed E-state index contributed by atoms with van der Waals surface area (Å²) in [6, 6.07) is 0. The maximum atomic E-state index is 11.3. The summed E-state index contributed by atoms with van der Waals surface area (Å²) in [5.74, 6) is 0.0883. The molecule has 0 atom stereocenters. The molecule has 0 aliphatic heterocycles. The molecule has 0 aromatic rings. The normalized spacial score (nSPS) is 10.3. The van der Waals surface area contributed by atoms with Crippen LogP contribution in [0.1, 0.15) is 78.1 Å². The zero-order valence-electron chi connectivity index (χ0n) is 12.1. The first-order valence-electron chi connectivity index (χ1n) is 7.43. The molecule has 3 heteroatoms. The van der Waals surface area contributed by atoms with Crippen molar-refractivity contribution in [1.29, 1.82) is 0 Å². The van der Waals surface area contributed by atoms with E-state index in [1.165, 1.54) is 51.9 Å². The van der Waals surface area contributed by atoms with E-state index >= 15 is 0 Å². The van der Waals surface area contributed by atoms with Crippen molar-refractivity contribution in [3.63, 3.8) is 0 Å². The van der Waals surface area contributed by atoms with Gasteiger partial charge in [-0.1, -0.05) is 51.9 Å². The lowest BCUT2D eigenvalue weighted by atomic mass is 10.1. The van der Waals surface area contributed by atoms with Crippen molar-refractivity contribution in [3.05, 3.63) is 0 Å². The molecule has 1 N–H and O–H groups in total. The monoisotopic (exact) mass is 255 g/mol. The van der Waals surface area contributed by atoms with Gasteiger partial charge in [0.25, 0.3) is 0 Å². The van der Waals surface area contributed by atoms with Crippen molar-refractivity contribution in [2.75, 3.05) is 6.54 Å². The van der Waals surface area contributed by atoms with E-state index in [4.69, 9.17) is 0 Å². The van der Waals surface area contributed by atoms with E-state index in [1.807, 2.05) is 0 Å². The van der Waals surface area contributed by atoms with Gasteiger partial charge in [0.2, 0.25) is 5.91 Å². The summed E-state index contributed by atoms with van der Waals surface area (Å²) in [6.07, 6.45) is 10.9. The fourth-order valence-corrected chi connectivity index (χ4v) is 1.86. The minimum absolute atomic E-state index is 0.00754. The van der Waals surface area contributed by atoms with Crippen molar-refractivity contribution in [3.8, 4) is 0 Å². The molecule has 0 bridgehead atoms. The highest BCUT2D eigenvalue weighted by atomic mass is 16.2. The fourth-order valence-electron chi connectivity index (χ4n) is 1.86. The van der Waals surface area contributed by atoms with E-state index in [0.717, 1.165) is 13.0 Å². The zero-order chi connectivity index (χ0) is 13.6. The number of Topliss-reactive ketones (excluding diaryl/α,β-unsaturated/α-hetero) is 1. The Morgan fingerprint density at radius 3 is 1.94 bits per heavy atom. The smallest absolute Gasteiger partial charge is 0.220 e. The van der Waals surface area contributed by atoms with E-state index in [2.05, 4.69) is 12.2 Å². The molecule has 0 radical (unpaired) electrons. The van der Waals surface area contributed by atoms with Crippen LogP contribution in [-0.4, -0.2) is 18.2 Å². The first-order valence-corrected chi connectivity index (χ1v) is 7.43. The molecule has 0 aromatic carbocycles. The Morgan fingerprint density at radius 2 is 1.39 bits per heavy atom. The highest BCUT2D eigenvalue weighted by molar-refractivity contribution is 5.83.